The van der Waals surface area contributed by atoms with Gasteiger partial charge in [0.1, 0.15) is 5.75 Å². The van der Waals surface area contributed by atoms with Crippen molar-refractivity contribution in [2.75, 3.05) is 7.11 Å². The molecule has 5 heteroatoms. The van der Waals surface area contributed by atoms with Crippen LogP contribution in [0.3, 0.4) is 0 Å². The normalized spacial score (nSPS) is 12.4. The van der Waals surface area contributed by atoms with Crippen LogP contribution in [0.1, 0.15) is 38.8 Å². The Morgan fingerprint density at radius 2 is 1.60 bits per heavy atom. The number of ether oxygens (including phenoxy) is 1. The maximum atomic E-state index is 10.3. The Labute approximate surface area is 121 Å². The van der Waals surface area contributed by atoms with E-state index in [0.717, 1.165) is 16.9 Å². The molecule has 0 aromatic heterocycles. The summed E-state index contributed by atoms with van der Waals surface area (Å²) in [5.41, 5.74) is 0.619. The highest BCUT2D eigenvalue weighted by molar-refractivity contribution is 6.60. The van der Waals surface area contributed by atoms with Crippen molar-refractivity contribution in [3.8, 4) is 5.75 Å². The number of benzene rings is 1. The highest BCUT2D eigenvalue weighted by atomic mass is 16.5. The van der Waals surface area contributed by atoms with E-state index in [1.54, 1.807) is 46.9 Å². The molecule has 0 aliphatic rings. The SMILES string of the molecule is COc1ccc(B(O)OC(C)(C)C(C)(C)O)c(C)c1C. The lowest BCUT2D eigenvalue weighted by atomic mass is 9.73. The third-order valence-electron chi connectivity index (χ3n) is 4.14. The summed E-state index contributed by atoms with van der Waals surface area (Å²) in [6.45, 7) is 10.7. The first-order valence-electron chi connectivity index (χ1n) is 6.73. The van der Waals surface area contributed by atoms with Gasteiger partial charge in [0.15, 0.2) is 0 Å². The van der Waals surface area contributed by atoms with Gasteiger partial charge in [-0.1, -0.05) is 6.07 Å². The molecule has 1 aromatic rings. The lowest BCUT2D eigenvalue weighted by molar-refractivity contribution is -0.0982. The van der Waals surface area contributed by atoms with Crippen LogP contribution in [-0.2, 0) is 4.65 Å². The second kappa shape index (κ2) is 5.76. The van der Waals surface area contributed by atoms with E-state index in [9.17, 15) is 10.1 Å². The van der Waals surface area contributed by atoms with E-state index < -0.39 is 18.3 Å². The molecule has 1 aromatic carbocycles. The highest BCUT2D eigenvalue weighted by Gasteiger charge is 2.39. The lowest BCUT2D eigenvalue weighted by Crippen LogP contribution is -2.53. The van der Waals surface area contributed by atoms with Crippen LogP contribution in [0.2, 0.25) is 0 Å². The van der Waals surface area contributed by atoms with Gasteiger partial charge in [-0.25, -0.2) is 0 Å². The van der Waals surface area contributed by atoms with E-state index in [1.807, 2.05) is 13.8 Å². The molecule has 0 aliphatic heterocycles. The molecule has 0 aliphatic carbocycles. The Balaban J connectivity index is 3.05. The average Bonchev–Trinajstić information content (AvgIpc) is 2.30. The van der Waals surface area contributed by atoms with E-state index in [2.05, 4.69) is 0 Å². The zero-order valence-corrected chi connectivity index (χ0v) is 13.4. The Kier molecular flexibility index (Phi) is 4.90. The molecule has 0 unspecified atom stereocenters. The van der Waals surface area contributed by atoms with Gasteiger partial charge < -0.3 is 19.5 Å². The number of hydrogen-bond donors (Lipinski definition) is 2. The predicted molar refractivity (Wildman–Crippen MR) is 81.5 cm³/mol. The van der Waals surface area contributed by atoms with Crippen molar-refractivity contribution >= 4 is 12.6 Å². The molecule has 0 amide bonds. The molecule has 0 heterocycles. The summed E-state index contributed by atoms with van der Waals surface area (Å²) < 4.78 is 10.9. The van der Waals surface area contributed by atoms with Gasteiger partial charge in [0.2, 0.25) is 0 Å². The number of hydrogen-bond acceptors (Lipinski definition) is 4. The second-order valence-corrected chi connectivity index (χ2v) is 6.15. The predicted octanol–water partition coefficient (Wildman–Crippen LogP) is 1.57. The van der Waals surface area contributed by atoms with Gasteiger partial charge in [0.25, 0.3) is 0 Å². The minimum Gasteiger partial charge on any atom is -0.496 e. The van der Waals surface area contributed by atoms with Gasteiger partial charge >= 0.3 is 7.12 Å². The summed E-state index contributed by atoms with van der Waals surface area (Å²) in [6.07, 6.45) is 0. The maximum Gasteiger partial charge on any atom is 0.491 e. The molecule has 1 rings (SSSR count). The fourth-order valence-corrected chi connectivity index (χ4v) is 1.79. The molecule has 0 spiro atoms. The Morgan fingerprint density at radius 3 is 2.05 bits per heavy atom. The quantitative estimate of drug-likeness (QED) is 0.804. The van der Waals surface area contributed by atoms with Crippen LogP contribution in [0.5, 0.6) is 5.75 Å². The number of rotatable bonds is 5. The van der Waals surface area contributed by atoms with Crippen LogP contribution in [0.15, 0.2) is 12.1 Å². The molecule has 0 bridgehead atoms. The zero-order chi connectivity index (χ0) is 15.7. The van der Waals surface area contributed by atoms with Crippen LogP contribution in [-0.4, -0.2) is 35.6 Å². The van der Waals surface area contributed by atoms with Crippen molar-refractivity contribution < 1.29 is 19.5 Å². The molecule has 112 valence electrons. The van der Waals surface area contributed by atoms with Gasteiger partial charge in [-0.05, 0) is 64.2 Å². The molecule has 0 fully saturated rings. The zero-order valence-electron chi connectivity index (χ0n) is 13.4. The van der Waals surface area contributed by atoms with Crippen LogP contribution < -0.4 is 10.2 Å². The second-order valence-electron chi connectivity index (χ2n) is 6.15. The fraction of sp³-hybridized carbons (Fsp3) is 0.600. The largest absolute Gasteiger partial charge is 0.496 e. The van der Waals surface area contributed by atoms with Crippen molar-refractivity contribution in [1.29, 1.82) is 0 Å². The third-order valence-corrected chi connectivity index (χ3v) is 4.14. The van der Waals surface area contributed by atoms with Crippen molar-refractivity contribution in [2.24, 2.45) is 0 Å². The monoisotopic (exact) mass is 280 g/mol. The van der Waals surface area contributed by atoms with E-state index in [-0.39, 0.29) is 0 Å². The molecule has 0 saturated heterocycles. The average molecular weight is 280 g/mol. The van der Waals surface area contributed by atoms with Gasteiger partial charge in [-0.2, -0.15) is 0 Å². The minimum absolute atomic E-state index is 0.681. The van der Waals surface area contributed by atoms with Crippen molar-refractivity contribution in [2.45, 2.75) is 52.7 Å². The van der Waals surface area contributed by atoms with Crippen LogP contribution in [0, 0.1) is 13.8 Å². The summed E-state index contributed by atoms with van der Waals surface area (Å²) in [5.74, 6) is 0.778. The van der Waals surface area contributed by atoms with E-state index in [1.165, 1.54) is 0 Å². The first-order valence-corrected chi connectivity index (χ1v) is 6.73. The smallest absolute Gasteiger partial charge is 0.491 e. The van der Waals surface area contributed by atoms with Crippen LogP contribution in [0.25, 0.3) is 0 Å². The molecular formula is C15H25BO4. The van der Waals surface area contributed by atoms with Crippen LogP contribution >= 0.6 is 0 Å². The summed E-state index contributed by atoms with van der Waals surface area (Å²) in [5, 5.41) is 20.4. The summed E-state index contributed by atoms with van der Waals surface area (Å²) in [6, 6.07) is 3.59. The van der Waals surface area contributed by atoms with Crippen molar-refractivity contribution in [3.05, 3.63) is 23.3 Å². The molecule has 20 heavy (non-hydrogen) atoms. The molecule has 0 saturated carbocycles. The first kappa shape index (κ1) is 17.0. The summed E-state index contributed by atoms with van der Waals surface area (Å²) >= 11 is 0. The van der Waals surface area contributed by atoms with Crippen molar-refractivity contribution in [3.63, 3.8) is 0 Å². The lowest BCUT2D eigenvalue weighted by Gasteiger charge is -2.38. The molecule has 0 atom stereocenters. The van der Waals surface area contributed by atoms with Crippen LogP contribution in [0.4, 0.5) is 0 Å². The van der Waals surface area contributed by atoms with Gasteiger partial charge in [-0.15, -0.1) is 0 Å². The third kappa shape index (κ3) is 3.34. The number of aliphatic hydroxyl groups is 1. The Bertz CT molecular complexity index is 477. The maximum absolute atomic E-state index is 10.3. The number of methoxy groups -OCH3 is 1. The van der Waals surface area contributed by atoms with Gasteiger partial charge in [-0.3, -0.25) is 0 Å². The minimum atomic E-state index is -1.10. The first-order chi connectivity index (χ1) is 9.01. The van der Waals surface area contributed by atoms with Crippen molar-refractivity contribution in [1.82, 2.24) is 0 Å². The van der Waals surface area contributed by atoms with Gasteiger partial charge in [0, 0.05) is 0 Å². The molecular weight excluding hydrogens is 255 g/mol. The van der Waals surface area contributed by atoms with Gasteiger partial charge in [0.05, 0.1) is 18.3 Å². The highest BCUT2D eigenvalue weighted by Crippen LogP contribution is 2.26. The molecule has 4 nitrogen and oxygen atoms in total. The molecule has 2 N–H and O–H groups in total. The molecule has 0 radical (unpaired) electrons. The Morgan fingerprint density at radius 1 is 1.05 bits per heavy atom. The summed E-state index contributed by atoms with van der Waals surface area (Å²) in [4.78, 5) is 0. The Hall–Kier alpha value is -1.04. The fourth-order valence-electron chi connectivity index (χ4n) is 1.79. The van der Waals surface area contributed by atoms with E-state index in [4.69, 9.17) is 9.39 Å². The van der Waals surface area contributed by atoms with E-state index in [0.29, 0.717) is 5.46 Å². The summed E-state index contributed by atoms with van der Waals surface area (Å²) in [7, 11) is 0.521. The van der Waals surface area contributed by atoms with E-state index >= 15 is 0 Å². The standard InChI is InChI=1S/C15H25BO4/c1-10-11(2)13(19-7)9-8-12(10)16(18)20-15(5,6)14(3,4)17/h8-9,17-18H,1-7H3. The topological polar surface area (TPSA) is 58.9 Å².